The van der Waals surface area contributed by atoms with Gasteiger partial charge >= 0.3 is 6.18 Å². The summed E-state index contributed by atoms with van der Waals surface area (Å²) in [4.78, 5) is 17.3. The minimum atomic E-state index is -4.40. The number of halogens is 3. The smallest absolute Gasteiger partial charge is 0.348 e. The van der Waals surface area contributed by atoms with E-state index in [4.69, 9.17) is 0 Å². The molecule has 0 aliphatic heterocycles. The molecule has 0 aliphatic carbocycles. The summed E-state index contributed by atoms with van der Waals surface area (Å²) in [7, 11) is 0. The number of hydrogen-bond acceptors (Lipinski definition) is 3. The molecule has 0 aliphatic rings. The second kappa shape index (κ2) is 7.06. The van der Waals surface area contributed by atoms with Crippen LogP contribution in [0.2, 0.25) is 0 Å². The fourth-order valence-corrected chi connectivity index (χ4v) is 2.99. The molecule has 0 bridgehead atoms. The maximum atomic E-state index is 12.7. The zero-order valence-electron chi connectivity index (χ0n) is 12.9. The van der Waals surface area contributed by atoms with Crippen molar-refractivity contribution < 1.29 is 18.0 Å². The number of carbonyl (C=O) groups excluding carboxylic acids is 1. The molecule has 1 aromatic carbocycles. The molecule has 0 saturated carbocycles. The van der Waals surface area contributed by atoms with Crippen molar-refractivity contribution in [2.45, 2.75) is 12.7 Å². The molecule has 1 amide bonds. The first-order valence-corrected chi connectivity index (χ1v) is 8.25. The van der Waals surface area contributed by atoms with Gasteiger partial charge in [-0.1, -0.05) is 18.2 Å². The highest BCUT2D eigenvalue weighted by atomic mass is 32.1. The van der Waals surface area contributed by atoms with Gasteiger partial charge in [-0.05, 0) is 35.2 Å². The summed E-state index contributed by atoms with van der Waals surface area (Å²) in [6, 6.07) is 10.4. The van der Waals surface area contributed by atoms with Gasteiger partial charge in [0.1, 0.15) is 0 Å². The third kappa shape index (κ3) is 4.24. The van der Waals surface area contributed by atoms with Crippen LogP contribution in [0.3, 0.4) is 0 Å². The summed E-state index contributed by atoms with van der Waals surface area (Å²) >= 11 is 1.53. The summed E-state index contributed by atoms with van der Waals surface area (Å²) in [5.74, 6) is -0.386. The number of carbonyl (C=O) groups is 1. The van der Waals surface area contributed by atoms with E-state index in [0.717, 1.165) is 22.6 Å². The van der Waals surface area contributed by atoms with E-state index in [-0.39, 0.29) is 12.5 Å². The Morgan fingerprint density at radius 2 is 1.96 bits per heavy atom. The minimum Gasteiger partial charge on any atom is -0.348 e. The lowest BCUT2D eigenvalue weighted by Crippen LogP contribution is -2.23. The largest absolute Gasteiger partial charge is 0.416 e. The van der Waals surface area contributed by atoms with E-state index >= 15 is 0 Å². The fourth-order valence-electron chi connectivity index (χ4n) is 2.28. The van der Waals surface area contributed by atoms with Crippen molar-refractivity contribution in [3.63, 3.8) is 0 Å². The van der Waals surface area contributed by atoms with Crippen LogP contribution in [0.25, 0.3) is 10.4 Å². The molecule has 2 aromatic heterocycles. The molecule has 3 aromatic rings. The number of nitrogens with zero attached hydrogens (tertiary/aromatic N) is 1. The molecule has 3 nitrogen and oxygen atoms in total. The van der Waals surface area contributed by atoms with E-state index in [0.29, 0.717) is 11.1 Å². The highest BCUT2D eigenvalue weighted by molar-refractivity contribution is 7.13. The second-order valence-corrected chi connectivity index (χ2v) is 6.27. The molecule has 0 saturated heterocycles. The molecule has 2 heterocycles. The highest BCUT2D eigenvalue weighted by Crippen LogP contribution is 2.29. The van der Waals surface area contributed by atoms with Crippen LogP contribution in [0.4, 0.5) is 13.2 Å². The van der Waals surface area contributed by atoms with Gasteiger partial charge in [-0.2, -0.15) is 13.2 Å². The number of rotatable bonds is 4. The van der Waals surface area contributed by atoms with Crippen molar-refractivity contribution in [2.75, 3.05) is 0 Å². The van der Waals surface area contributed by atoms with Crippen LogP contribution in [0.5, 0.6) is 0 Å². The first kappa shape index (κ1) is 17.2. The first-order chi connectivity index (χ1) is 11.9. The molecule has 7 heteroatoms. The lowest BCUT2D eigenvalue weighted by Gasteiger charge is -2.10. The Hall–Kier alpha value is -2.67. The van der Waals surface area contributed by atoms with Crippen molar-refractivity contribution in [1.82, 2.24) is 10.3 Å². The highest BCUT2D eigenvalue weighted by Gasteiger charge is 2.30. The van der Waals surface area contributed by atoms with E-state index in [1.807, 2.05) is 17.5 Å². The quantitative estimate of drug-likeness (QED) is 0.727. The predicted octanol–water partition coefficient (Wildman–Crippen LogP) is 4.76. The first-order valence-electron chi connectivity index (χ1n) is 7.37. The molecule has 1 N–H and O–H groups in total. The Bertz CT molecular complexity index is 876. The maximum absolute atomic E-state index is 12.7. The van der Waals surface area contributed by atoms with Crippen LogP contribution >= 0.6 is 11.3 Å². The van der Waals surface area contributed by atoms with Crippen molar-refractivity contribution in [3.8, 4) is 10.4 Å². The van der Waals surface area contributed by atoms with Crippen molar-refractivity contribution in [2.24, 2.45) is 0 Å². The van der Waals surface area contributed by atoms with Crippen LogP contribution in [0, 0.1) is 0 Å². The number of thiophene rings is 1. The molecule has 128 valence electrons. The van der Waals surface area contributed by atoms with Crippen LogP contribution in [0.1, 0.15) is 21.5 Å². The molecule has 3 rings (SSSR count). The molecular weight excluding hydrogens is 349 g/mol. The van der Waals surface area contributed by atoms with Gasteiger partial charge in [-0.25, -0.2) is 0 Å². The van der Waals surface area contributed by atoms with Crippen molar-refractivity contribution in [3.05, 3.63) is 76.9 Å². The van der Waals surface area contributed by atoms with Gasteiger partial charge in [0.25, 0.3) is 5.91 Å². The predicted molar refractivity (Wildman–Crippen MR) is 90.2 cm³/mol. The van der Waals surface area contributed by atoms with Crippen LogP contribution < -0.4 is 5.32 Å². The van der Waals surface area contributed by atoms with Gasteiger partial charge < -0.3 is 5.32 Å². The maximum Gasteiger partial charge on any atom is 0.416 e. The average Bonchev–Trinajstić information content (AvgIpc) is 3.14. The van der Waals surface area contributed by atoms with E-state index in [1.165, 1.54) is 29.7 Å². The molecule has 0 spiro atoms. The summed E-state index contributed by atoms with van der Waals surface area (Å²) in [5, 5.41) is 4.55. The van der Waals surface area contributed by atoms with Gasteiger partial charge in [-0.15, -0.1) is 11.3 Å². The van der Waals surface area contributed by atoms with E-state index in [2.05, 4.69) is 10.3 Å². The average molecular weight is 362 g/mol. The van der Waals surface area contributed by atoms with Crippen LogP contribution in [-0.2, 0) is 12.7 Å². The Kier molecular flexibility index (Phi) is 4.85. The zero-order chi connectivity index (χ0) is 17.9. The Balaban J connectivity index is 1.70. The topological polar surface area (TPSA) is 42.0 Å². The third-order valence-electron chi connectivity index (χ3n) is 3.51. The van der Waals surface area contributed by atoms with Crippen molar-refractivity contribution in [1.29, 1.82) is 0 Å². The van der Waals surface area contributed by atoms with Crippen molar-refractivity contribution >= 4 is 17.2 Å². The number of amides is 1. The lowest BCUT2D eigenvalue weighted by molar-refractivity contribution is -0.137. The Morgan fingerprint density at radius 3 is 2.68 bits per heavy atom. The minimum absolute atomic E-state index is 0.00594. The summed E-state index contributed by atoms with van der Waals surface area (Å²) in [5.41, 5.74) is 0.825. The molecule has 0 radical (unpaired) electrons. The number of benzene rings is 1. The number of nitrogens with one attached hydrogen (secondary N) is 1. The molecule has 0 fully saturated rings. The SMILES string of the molecule is O=C(NCc1cccc(C(F)(F)F)c1)c1cncc(-c2cccs2)c1. The molecule has 0 atom stereocenters. The number of pyridine rings is 1. The summed E-state index contributed by atoms with van der Waals surface area (Å²) in [6.45, 7) is 0.00594. The van der Waals surface area contributed by atoms with Gasteiger partial charge in [-0.3, -0.25) is 9.78 Å². The Labute approximate surface area is 146 Å². The normalized spacial score (nSPS) is 11.3. The fraction of sp³-hybridized carbons (Fsp3) is 0.111. The van der Waals surface area contributed by atoms with Gasteiger partial charge in [0.05, 0.1) is 11.1 Å². The van der Waals surface area contributed by atoms with Crippen LogP contribution in [0.15, 0.2) is 60.2 Å². The zero-order valence-corrected chi connectivity index (χ0v) is 13.7. The molecule has 25 heavy (non-hydrogen) atoms. The Morgan fingerprint density at radius 1 is 1.12 bits per heavy atom. The standard InChI is InChI=1S/C18H13F3N2OS/c19-18(20,21)15-4-1-3-12(7-15)9-23-17(24)14-8-13(10-22-11-14)16-5-2-6-25-16/h1-8,10-11H,9H2,(H,23,24). The molecule has 0 unspecified atom stereocenters. The second-order valence-electron chi connectivity index (χ2n) is 5.32. The summed E-state index contributed by atoms with van der Waals surface area (Å²) < 4.78 is 38.1. The number of aromatic nitrogens is 1. The monoisotopic (exact) mass is 362 g/mol. The number of hydrogen-bond donors (Lipinski definition) is 1. The van der Waals surface area contributed by atoms with E-state index in [9.17, 15) is 18.0 Å². The number of alkyl halides is 3. The van der Waals surface area contributed by atoms with Gasteiger partial charge in [0, 0.05) is 29.4 Å². The third-order valence-corrected chi connectivity index (χ3v) is 4.43. The van der Waals surface area contributed by atoms with Gasteiger partial charge in [0.2, 0.25) is 0 Å². The van der Waals surface area contributed by atoms with Gasteiger partial charge in [0.15, 0.2) is 0 Å². The van der Waals surface area contributed by atoms with Crippen LogP contribution in [-0.4, -0.2) is 10.9 Å². The van der Waals surface area contributed by atoms with E-state index in [1.54, 1.807) is 12.3 Å². The molecular formula is C18H13F3N2OS. The summed E-state index contributed by atoms with van der Waals surface area (Å²) in [6.07, 6.45) is -1.31. The van der Waals surface area contributed by atoms with E-state index < -0.39 is 11.7 Å². The lowest BCUT2D eigenvalue weighted by atomic mass is 10.1.